The SMILES string of the molecule is COS(CCC1CCC2OC2C1)(OC)OC. The molecule has 0 spiro atoms. The molecule has 2 aliphatic rings. The maximum Gasteiger partial charge on any atom is 0.0879 e. The van der Waals surface area contributed by atoms with Gasteiger partial charge in [-0.25, -0.2) is 0 Å². The van der Waals surface area contributed by atoms with Gasteiger partial charge < -0.3 is 4.74 Å². The predicted octanol–water partition coefficient (Wildman–Crippen LogP) is 2.43. The van der Waals surface area contributed by atoms with Crippen LogP contribution in [-0.4, -0.2) is 39.3 Å². The Labute approximate surface area is 99.5 Å². The van der Waals surface area contributed by atoms with Crippen LogP contribution in [0.4, 0.5) is 0 Å². The quantitative estimate of drug-likeness (QED) is 0.679. The van der Waals surface area contributed by atoms with Crippen molar-refractivity contribution < 1.29 is 17.3 Å². The molecular formula is C11H22O4S. The fourth-order valence-electron chi connectivity index (χ4n) is 2.51. The van der Waals surface area contributed by atoms with Crippen molar-refractivity contribution in [3.63, 3.8) is 0 Å². The van der Waals surface area contributed by atoms with E-state index in [2.05, 4.69) is 0 Å². The van der Waals surface area contributed by atoms with Crippen LogP contribution in [0.15, 0.2) is 0 Å². The second kappa shape index (κ2) is 5.23. The summed E-state index contributed by atoms with van der Waals surface area (Å²) in [5, 5.41) is 0. The molecule has 1 aliphatic carbocycles. The van der Waals surface area contributed by atoms with Crippen LogP contribution >= 0.6 is 10.9 Å². The van der Waals surface area contributed by atoms with E-state index in [4.69, 9.17) is 17.3 Å². The molecule has 5 heteroatoms. The molecule has 4 nitrogen and oxygen atoms in total. The normalized spacial score (nSPS) is 34.6. The Kier molecular flexibility index (Phi) is 4.13. The van der Waals surface area contributed by atoms with Gasteiger partial charge in [0.2, 0.25) is 0 Å². The van der Waals surface area contributed by atoms with Crippen molar-refractivity contribution >= 4 is 10.9 Å². The first-order valence-corrected chi connectivity index (χ1v) is 7.44. The highest BCUT2D eigenvalue weighted by Crippen LogP contribution is 2.51. The summed E-state index contributed by atoms with van der Waals surface area (Å²) in [5.41, 5.74) is 0. The summed E-state index contributed by atoms with van der Waals surface area (Å²) in [6.45, 7) is 0. The van der Waals surface area contributed by atoms with E-state index in [1.54, 1.807) is 21.3 Å². The van der Waals surface area contributed by atoms with Gasteiger partial charge in [0.25, 0.3) is 0 Å². The summed E-state index contributed by atoms with van der Waals surface area (Å²) in [5.74, 6) is 1.61. The van der Waals surface area contributed by atoms with E-state index in [0.717, 1.165) is 18.1 Å². The van der Waals surface area contributed by atoms with Crippen molar-refractivity contribution in [1.29, 1.82) is 0 Å². The maximum absolute atomic E-state index is 5.53. The average Bonchev–Trinajstić information content (AvgIpc) is 3.10. The summed E-state index contributed by atoms with van der Waals surface area (Å²) in [6, 6.07) is 0. The fraction of sp³-hybridized carbons (Fsp3) is 1.00. The predicted molar refractivity (Wildman–Crippen MR) is 64.1 cm³/mol. The molecule has 0 aromatic rings. The number of rotatable bonds is 6. The first kappa shape index (κ1) is 12.6. The monoisotopic (exact) mass is 250 g/mol. The molecule has 0 aromatic carbocycles. The van der Waals surface area contributed by atoms with Gasteiger partial charge in [0.15, 0.2) is 0 Å². The molecule has 0 aromatic heterocycles. The van der Waals surface area contributed by atoms with Gasteiger partial charge in [-0.3, -0.25) is 12.5 Å². The van der Waals surface area contributed by atoms with Crippen LogP contribution in [0.25, 0.3) is 0 Å². The zero-order valence-electron chi connectivity index (χ0n) is 10.3. The molecule has 96 valence electrons. The van der Waals surface area contributed by atoms with Gasteiger partial charge in [-0.2, -0.15) is 0 Å². The van der Waals surface area contributed by atoms with Crippen molar-refractivity contribution in [3.8, 4) is 0 Å². The number of hydrogen-bond donors (Lipinski definition) is 0. The largest absolute Gasteiger partial charge is 0.370 e. The van der Waals surface area contributed by atoms with Crippen molar-refractivity contribution in [3.05, 3.63) is 0 Å². The van der Waals surface area contributed by atoms with E-state index in [0.29, 0.717) is 12.2 Å². The average molecular weight is 250 g/mol. The van der Waals surface area contributed by atoms with E-state index >= 15 is 0 Å². The summed E-state index contributed by atoms with van der Waals surface area (Å²) in [6.07, 6.45) is 5.95. The van der Waals surface area contributed by atoms with Gasteiger partial charge in [-0.15, -0.1) is 0 Å². The Bertz CT molecular complexity index is 224. The van der Waals surface area contributed by atoms with Crippen molar-refractivity contribution in [2.75, 3.05) is 27.1 Å². The fourth-order valence-corrected chi connectivity index (χ4v) is 4.04. The lowest BCUT2D eigenvalue weighted by Gasteiger charge is -2.34. The van der Waals surface area contributed by atoms with Crippen molar-refractivity contribution in [2.24, 2.45) is 5.92 Å². The van der Waals surface area contributed by atoms with Gasteiger partial charge >= 0.3 is 0 Å². The number of epoxide rings is 1. The minimum Gasteiger partial charge on any atom is -0.370 e. The highest BCUT2D eigenvalue weighted by atomic mass is 32.3. The van der Waals surface area contributed by atoms with Crippen LogP contribution in [0.3, 0.4) is 0 Å². The standard InChI is InChI=1S/C11H22O4S/c1-12-16(13-2,14-3)7-6-9-4-5-10-11(8-9)15-10/h9-11H,4-8H2,1-3H3. The minimum atomic E-state index is -1.75. The Hall–Kier alpha value is 0.190. The molecule has 3 unspecified atom stereocenters. The van der Waals surface area contributed by atoms with Gasteiger partial charge in [-0.05, 0) is 31.6 Å². The Morgan fingerprint density at radius 1 is 1.06 bits per heavy atom. The second-order valence-corrected chi connectivity index (χ2v) is 6.97. The third-order valence-corrected chi connectivity index (χ3v) is 5.91. The second-order valence-electron chi connectivity index (χ2n) is 4.44. The van der Waals surface area contributed by atoms with Crippen molar-refractivity contribution in [2.45, 2.75) is 37.9 Å². The number of hydrogen-bond acceptors (Lipinski definition) is 4. The zero-order valence-corrected chi connectivity index (χ0v) is 11.1. The third kappa shape index (κ3) is 2.71. The third-order valence-electron chi connectivity index (χ3n) is 3.65. The smallest absolute Gasteiger partial charge is 0.0879 e. The summed E-state index contributed by atoms with van der Waals surface area (Å²) in [4.78, 5) is 0. The summed E-state index contributed by atoms with van der Waals surface area (Å²) in [7, 11) is 3.21. The summed E-state index contributed by atoms with van der Waals surface area (Å²) < 4.78 is 21.6. The first-order chi connectivity index (χ1) is 7.73. The highest BCUT2D eigenvalue weighted by Gasteiger charge is 2.44. The van der Waals surface area contributed by atoms with Crippen LogP contribution in [0.1, 0.15) is 25.7 Å². The number of ether oxygens (including phenoxy) is 1. The Balaban J connectivity index is 1.76. The molecule has 1 saturated carbocycles. The molecule has 1 heterocycles. The zero-order chi connectivity index (χ0) is 11.6. The van der Waals surface area contributed by atoms with Crippen molar-refractivity contribution in [1.82, 2.24) is 0 Å². The molecule has 0 amide bonds. The van der Waals surface area contributed by atoms with Gasteiger partial charge in [0.1, 0.15) is 0 Å². The van der Waals surface area contributed by atoms with E-state index in [-0.39, 0.29) is 0 Å². The van der Waals surface area contributed by atoms with Gasteiger partial charge in [0, 0.05) is 5.75 Å². The maximum atomic E-state index is 5.53. The molecule has 2 rings (SSSR count). The molecular weight excluding hydrogens is 228 g/mol. The molecule has 0 N–H and O–H groups in total. The van der Waals surface area contributed by atoms with E-state index in [1.165, 1.54) is 19.3 Å². The molecule has 2 fully saturated rings. The molecule has 16 heavy (non-hydrogen) atoms. The van der Waals surface area contributed by atoms with E-state index < -0.39 is 10.9 Å². The van der Waals surface area contributed by atoms with Gasteiger partial charge in [-0.1, -0.05) is 0 Å². The molecule has 1 saturated heterocycles. The van der Waals surface area contributed by atoms with Crippen LogP contribution < -0.4 is 0 Å². The molecule has 0 radical (unpaired) electrons. The topological polar surface area (TPSA) is 40.2 Å². The highest BCUT2D eigenvalue weighted by molar-refractivity contribution is 8.21. The lowest BCUT2D eigenvalue weighted by atomic mass is 9.88. The number of fused-ring (bicyclic) bond motifs is 1. The lowest BCUT2D eigenvalue weighted by Crippen LogP contribution is -2.18. The molecule has 0 bridgehead atoms. The Morgan fingerprint density at radius 2 is 1.75 bits per heavy atom. The first-order valence-electron chi connectivity index (χ1n) is 5.86. The van der Waals surface area contributed by atoms with Crippen LogP contribution in [0.2, 0.25) is 0 Å². The lowest BCUT2D eigenvalue weighted by molar-refractivity contribution is 0.243. The Morgan fingerprint density at radius 3 is 2.31 bits per heavy atom. The van der Waals surface area contributed by atoms with Crippen LogP contribution in [-0.2, 0) is 17.3 Å². The van der Waals surface area contributed by atoms with Gasteiger partial charge in [0.05, 0.1) is 44.4 Å². The van der Waals surface area contributed by atoms with E-state index in [9.17, 15) is 0 Å². The minimum absolute atomic E-state index is 0.552. The molecule has 1 aliphatic heterocycles. The van der Waals surface area contributed by atoms with Crippen LogP contribution in [0, 0.1) is 5.92 Å². The molecule has 3 atom stereocenters. The van der Waals surface area contributed by atoms with Crippen LogP contribution in [0.5, 0.6) is 0 Å². The summed E-state index contributed by atoms with van der Waals surface area (Å²) >= 11 is 0. The van der Waals surface area contributed by atoms with E-state index in [1.807, 2.05) is 0 Å².